The first-order valence-electron chi connectivity index (χ1n) is 3.13. The van der Waals surface area contributed by atoms with Crippen molar-refractivity contribution in [3.8, 4) is 0 Å². The molecule has 1 atom stereocenters. The summed E-state index contributed by atoms with van der Waals surface area (Å²) in [6, 6.07) is 8.70. The molecule has 11 heavy (non-hydrogen) atoms. The van der Waals surface area contributed by atoms with Gasteiger partial charge in [0.25, 0.3) is 0 Å². The molecule has 1 rings (SSSR count). The number of carbonyl (C=O) groups is 1. The third-order valence-corrected chi connectivity index (χ3v) is 1.75. The summed E-state index contributed by atoms with van der Waals surface area (Å²) >= 11 is 5.54. The van der Waals surface area contributed by atoms with E-state index >= 15 is 0 Å². The van der Waals surface area contributed by atoms with Crippen LogP contribution in [0.3, 0.4) is 0 Å². The average molecular weight is 171 g/mol. The number of carboxylic acids is 1. The molecule has 58 valence electrons. The fourth-order valence-corrected chi connectivity index (χ4v) is 0.910. The van der Waals surface area contributed by atoms with Gasteiger partial charge in [-0.05, 0) is 5.56 Å². The summed E-state index contributed by atoms with van der Waals surface area (Å²) in [5, 5.41) is 7.57. The molecule has 0 heterocycles. The van der Waals surface area contributed by atoms with Gasteiger partial charge in [0.05, 0.1) is 0 Å². The van der Waals surface area contributed by atoms with Gasteiger partial charge in [0.1, 0.15) is 0 Å². The predicted molar refractivity (Wildman–Crippen MR) is 42.7 cm³/mol. The van der Waals surface area contributed by atoms with Crippen LogP contribution in [0, 0.1) is 0 Å². The van der Waals surface area contributed by atoms with Crippen LogP contribution in [0.5, 0.6) is 0 Å². The van der Waals surface area contributed by atoms with Crippen molar-refractivity contribution in [2.24, 2.45) is 0 Å². The standard InChI is InChI=1S/C8H7ClO2/c9-7(8(10)11)6-4-2-1-3-5-6/h1-5,7H,(H,10,11). The van der Waals surface area contributed by atoms with E-state index in [4.69, 9.17) is 16.7 Å². The molecule has 1 aromatic rings. The summed E-state index contributed by atoms with van der Waals surface area (Å²) in [5.74, 6) is -1.02. The van der Waals surface area contributed by atoms with E-state index in [2.05, 4.69) is 0 Å². The number of alkyl halides is 1. The highest BCUT2D eigenvalue weighted by Gasteiger charge is 2.14. The van der Waals surface area contributed by atoms with E-state index in [1.807, 2.05) is 6.07 Å². The van der Waals surface area contributed by atoms with Crippen molar-refractivity contribution < 1.29 is 9.90 Å². The molecule has 0 aliphatic carbocycles. The van der Waals surface area contributed by atoms with E-state index in [1.54, 1.807) is 24.3 Å². The molecule has 0 amide bonds. The zero-order valence-corrected chi connectivity index (χ0v) is 6.45. The van der Waals surface area contributed by atoms with Crippen molar-refractivity contribution in [3.63, 3.8) is 0 Å². The Balaban J connectivity index is 2.85. The summed E-state index contributed by atoms with van der Waals surface area (Å²) in [6.07, 6.45) is 0. The van der Waals surface area contributed by atoms with Gasteiger partial charge in [0.15, 0.2) is 5.38 Å². The zero-order valence-electron chi connectivity index (χ0n) is 5.70. The van der Waals surface area contributed by atoms with Crippen LogP contribution in [0.25, 0.3) is 0 Å². The number of benzene rings is 1. The van der Waals surface area contributed by atoms with Gasteiger partial charge in [-0.1, -0.05) is 30.3 Å². The van der Waals surface area contributed by atoms with E-state index in [0.717, 1.165) is 0 Å². The summed E-state index contributed by atoms with van der Waals surface area (Å²) in [5.41, 5.74) is 0.613. The van der Waals surface area contributed by atoms with Gasteiger partial charge in [-0.2, -0.15) is 0 Å². The maximum absolute atomic E-state index is 10.4. The van der Waals surface area contributed by atoms with Crippen LogP contribution in [0.4, 0.5) is 0 Å². The van der Waals surface area contributed by atoms with Crippen molar-refractivity contribution in [3.05, 3.63) is 35.9 Å². The fraction of sp³-hybridized carbons (Fsp3) is 0.125. The number of rotatable bonds is 2. The Bertz CT molecular complexity index is 246. The number of hydrogen-bond donors (Lipinski definition) is 1. The lowest BCUT2D eigenvalue weighted by Crippen LogP contribution is -2.04. The third kappa shape index (κ3) is 1.95. The SMILES string of the molecule is O=C(O)C(Cl)c1ccccc1. The molecule has 0 spiro atoms. The van der Waals surface area contributed by atoms with Crippen LogP contribution >= 0.6 is 11.6 Å². The van der Waals surface area contributed by atoms with E-state index < -0.39 is 11.3 Å². The second-order valence-corrected chi connectivity index (χ2v) is 2.55. The van der Waals surface area contributed by atoms with Crippen LogP contribution < -0.4 is 0 Å². The van der Waals surface area contributed by atoms with Gasteiger partial charge < -0.3 is 5.11 Å². The highest BCUT2D eigenvalue weighted by molar-refractivity contribution is 6.29. The highest BCUT2D eigenvalue weighted by atomic mass is 35.5. The van der Waals surface area contributed by atoms with E-state index in [1.165, 1.54) is 0 Å². The maximum Gasteiger partial charge on any atom is 0.326 e. The normalized spacial score (nSPS) is 12.5. The largest absolute Gasteiger partial charge is 0.480 e. The third-order valence-electron chi connectivity index (χ3n) is 1.31. The summed E-state index contributed by atoms with van der Waals surface area (Å²) in [7, 11) is 0. The molecule has 1 N–H and O–H groups in total. The van der Waals surface area contributed by atoms with Crippen LogP contribution in [0.1, 0.15) is 10.9 Å². The Morgan fingerprint density at radius 1 is 1.36 bits per heavy atom. The smallest absolute Gasteiger partial charge is 0.326 e. The molecule has 0 saturated heterocycles. The van der Waals surface area contributed by atoms with Gasteiger partial charge in [-0.15, -0.1) is 11.6 Å². The van der Waals surface area contributed by atoms with Crippen molar-refractivity contribution in [2.75, 3.05) is 0 Å². The van der Waals surface area contributed by atoms with Gasteiger partial charge in [0, 0.05) is 0 Å². The first kappa shape index (κ1) is 8.08. The fourth-order valence-electron chi connectivity index (χ4n) is 0.765. The molecule has 0 saturated carbocycles. The van der Waals surface area contributed by atoms with Gasteiger partial charge in [0.2, 0.25) is 0 Å². The van der Waals surface area contributed by atoms with Crippen LogP contribution in [-0.2, 0) is 4.79 Å². The lowest BCUT2D eigenvalue weighted by atomic mass is 10.1. The monoisotopic (exact) mass is 170 g/mol. The van der Waals surface area contributed by atoms with Crippen molar-refractivity contribution in [1.29, 1.82) is 0 Å². The quantitative estimate of drug-likeness (QED) is 0.690. The first-order chi connectivity index (χ1) is 5.22. The van der Waals surface area contributed by atoms with E-state index in [0.29, 0.717) is 5.56 Å². The summed E-state index contributed by atoms with van der Waals surface area (Å²) in [4.78, 5) is 10.4. The highest BCUT2D eigenvalue weighted by Crippen LogP contribution is 2.19. The maximum atomic E-state index is 10.4. The Morgan fingerprint density at radius 3 is 2.36 bits per heavy atom. The minimum Gasteiger partial charge on any atom is -0.480 e. The summed E-state index contributed by atoms with van der Waals surface area (Å²) in [6.45, 7) is 0. The number of hydrogen-bond acceptors (Lipinski definition) is 1. The zero-order chi connectivity index (χ0) is 8.27. The molecule has 0 aromatic heterocycles. The van der Waals surface area contributed by atoms with E-state index in [9.17, 15) is 4.79 Å². The molecule has 3 heteroatoms. The Labute approximate surface area is 69.4 Å². The van der Waals surface area contributed by atoms with Gasteiger partial charge >= 0.3 is 5.97 Å². The topological polar surface area (TPSA) is 37.3 Å². The molecule has 0 bridgehead atoms. The van der Waals surface area contributed by atoms with Crippen LogP contribution in [-0.4, -0.2) is 11.1 Å². The molecule has 1 aromatic carbocycles. The van der Waals surface area contributed by atoms with Gasteiger partial charge in [-0.25, -0.2) is 0 Å². The molecule has 1 unspecified atom stereocenters. The second kappa shape index (κ2) is 3.39. The summed E-state index contributed by atoms with van der Waals surface area (Å²) < 4.78 is 0. The van der Waals surface area contributed by atoms with Crippen molar-refractivity contribution in [2.45, 2.75) is 5.38 Å². The predicted octanol–water partition coefficient (Wildman–Crippen LogP) is 2.05. The molecule has 0 aliphatic rings. The van der Waals surface area contributed by atoms with Crippen LogP contribution in [0.15, 0.2) is 30.3 Å². The Hall–Kier alpha value is -1.02. The molecular formula is C8H7ClO2. The number of aliphatic carboxylic acids is 1. The second-order valence-electron chi connectivity index (χ2n) is 2.11. The minimum atomic E-state index is -1.02. The van der Waals surface area contributed by atoms with Crippen LogP contribution in [0.2, 0.25) is 0 Å². The Morgan fingerprint density at radius 2 is 1.91 bits per heavy atom. The number of carboxylic acid groups (broad SMARTS) is 1. The van der Waals surface area contributed by atoms with E-state index in [-0.39, 0.29) is 0 Å². The van der Waals surface area contributed by atoms with Crippen molar-refractivity contribution in [1.82, 2.24) is 0 Å². The average Bonchev–Trinajstić information content (AvgIpc) is 2.05. The van der Waals surface area contributed by atoms with Crippen molar-refractivity contribution >= 4 is 17.6 Å². The molecule has 0 aliphatic heterocycles. The first-order valence-corrected chi connectivity index (χ1v) is 3.57. The Kier molecular flexibility index (Phi) is 2.49. The van der Waals surface area contributed by atoms with Gasteiger partial charge in [-0.3, -0.25) is 4.79 Å². The molecule has 0 radical (unpaired) electrons. The lowest BCUT2D eigenvalue weighted by molar-refractivity contribution is -0.136. The lowest BCUT2D eigenvalue weighted by Gasteiger charge is -2.01. The number of halogens is 1. The molecule has 2 nitrogen and oxygen atoms in total. The molecular weight excluding hydrogens is 164 g/mol. The minimum absolute atomic E-state index is 0.613. The molecule has 0 fully saturated rings.